The highest BCUT2D eigenvalue weighted by Crippen LogP contribution is 2.26. The van der Waals surface area contributed by atoms with Crippen molar-refractivity contribution in [2.75, 3.05) is 5.73 Å². The van der Waals surface area contributed by atoms with Crippen LogP contribution < -0.4 is 10.5 Å². The number of nitrogens with zero attached hydrogens (tertiary/aromatic N) is 1. The maximum absolute atomic E-state index is 13.9. The fraction of sp³-hybridized carbons (Fsp3) is 0.100. The van der Waals surface area contributed by atoms with Gasteiger partial charge in [0.25, 0.3) is 0 Å². The Kier molecular flexibility index (Phi) is 5.57. The zero-order valence-electron chi connectivity index (χ0n) is 14.2. The first kappa shape index (κ1) is 18.7. The van der Waals surface area contributed by atoms with E-state index in [0.29, 0.717) is 34.1 Å². The van der Waals surface area contributed by atoms with E-state index in [1.165, 1.54) is 12.1 Å². The molecule has 3 rings (SSSR count). The van der Waals surface area contributed by atoms with E-state index in [4.69, 9.17) is 27.2 Å². The molecule has 0 aliphatic carbocycles. The molecule has 3 aromatic rings. The molecule has 0 saturated carbocycles. The predicted octanol–water partition coefficient (Wildman–Crippen LogP) is 4.32. The number of benzene rings is 2. The molecule has 0 spiro atoms. The van der Waals surface area contributed by atoms with Crippen molar-refractivity contribution in [3.05, 3.63) is 88.0 Å². The van der Waals surface area contributed by atoms with Crippen LogP contribution in [0.3, 0.4) is 0 Å². The molecule has 1 aromatic heterocycles. The van der Waals surface area contributed by atoms with Gasteiger partial charge in [-0.15, -0.1) is 0 Å². The second-order valence-electron chi connectivity index (χ2n) is 5.89. The van der Waals surface area contributed by atoms with Crippen LogP contribution in [0.1, 0.15) is 27.3 Å². The molecule has 7 heteroatoms. The lowest BCUT2D eigenvalue weighted by Crippen LogP contribution is -2.05. The monoisotopic (exact) mass is 386 g/mol. The van der Waals surface area contributed by atoms with Gasteiger partial charge in [0, 0.05) is 34.0 Å². The van der Waals surface area contributed by atoms with Gasteiger partial charge in [-0.05, 0) is 42.5 Å². The van der Waals surface area contributed by atoms with Crippen LogP contribution in [-0.2, 0) is 13.0 Å². The second kappa shape index (κ2) is 8.05. The summed E-state index contributed by atoms with van der Waals surface area (Å²) in [4.78, 5) is 15.2. The quantitative estimate of drug-likeness (QED) is 0.616. The van der Waals surface area contributed by atoms with Gasteiger partial charge in [0.2, 0.25) is 0 Å². The van der Waals surface area contributed by atoms with E-state index >= 15 is 0 Å². The number of ether oxygens (including phenoxy) is 1. The van der Waals surface area contributed by atoms with Crippen LogP contribution in [0.4, 0.5) is 10.1 Å². The number of carboxylic acid groups (broad SMARTS) is 1. The molecular weight excluding hydrogens is 371 g/mol. The topological polar surface area (TPSA) is 85.4 Å². The van der Waals surface area contributed by atoms with Crippen molar-refractivity contribution in [1.29, 1.82) is 0 Å². The van der Waals surface area contributed by atoms with Crippen LogP contribution >= 0.6 is 11.6 Å². The van der Waals surface area contributed by atoms with Crippen molar-refractivity contribution < 1.29 is 19.0 Å². The lowest BCUT2D eigenvalue weighted by atomic mass is 10.1. The molecule has 0 bridgehead atoms. The van der Waals surface area contributed by atoms with Gasteiger partial charge in [0.1, 0.15) is 23.9 Å². The van der Waals surface area contributed by atoms with Gasteiger partial charge >= 0.3 is 5.97 Å². The van der Waals surface area contributed by atoms with Gasteiger partial charge in [-0.25, -0.2) is 14.2 Å². The number of aromatic carboxylic acids is 1. The first-order valence-corrected chi connectivity index (χ1v) is 8.44. The van der Waals surface area contributed by atoms with E-state index in [-0.39, 0.29) is 12.3 Å². The van der Waals surface area contributed by atoms with Crippen molar-refractivity contribution in [3.63, 3.8) is 0 Å². The molecule has 0 aliphatic rings. The summed E-state index contributed by atoms with van der Waals surface area (Å²) in [5, 5.41) is 9.39. The molecule has 0 aliphatic heterocycles. The van der Waals surface area contributed by atoms with E-state index < -0.39 is 11.8 Å². The summed E-state index contributed by atoms with van der Waals surface area (Å²) in [5.74, 6) is -1.03. The third-order valence-corrected chi connectivity index (χ3v) is 4.12. The number of carbonyl (C=O) groups is 1. The largest absolute Gasteiger partial charge is 0.488 e. The Hall–Kier alpha value is -3.12. The molecule has 5 nitrogen and oxygen atoms in total. The third-order valence-electron chi connectivity index (χ3n) is 3.88. The number of hydrogen-bond acceptors (Lipinski definition) is 4. The average Bonchev–Trinajstić information content (AvgIpc) is 2.62. The summed E-state index contributed by atoms with van der Waals surface area (Å²) in [6.07, 6.45) is 0.324. The van der Waals surface area contributed by atoms with E-state index in [1.54, 1.807) is 42.5 Å². The van der Waals surface area contributed by atoms with Crippen molar-refractivity contribution in [1.82, 2.24) is 4.98 Å². The molecular formula is C20H16ClFN2O3. The minimum absolute atomic E-state index is 0.0164. The SMILES string of the molecule is Nc1ccc(OCc2ccc(Cl)cc2F)c(Cc2cccc(C(=O)O)n2)c1. The standard InChI is InChI=1S/C20H16ClFN2O3/c21-14-5-4-12(17(22)10-14)11-27-19-7-6-15(23)8-13(19)9-16-2-1-3-18(24-16)20(25)26/h1-8,10H,9,11,23H2,(H,25,26). The second-order valence-corrected chi connectivity index (χ2v) is 6.32. The maximum atomic E-state index is 13.9. The van der Waals surface area contributed by atoms with Crippen LogP contribution in [0.5, 0.6) is 5.75 Å². The van der Waals surface area contributed by atoms with Gasteiger partial charge in [-0.3, -0.25) is 0 Å². The molecule has 0 atom stereocenters. The van der Waals surface area contributed by atoms with Gasteiger partial charge in [-0.1, -0.05) is 23.7 Å². The number of anilines is 1. The number of rotatable bonds is 6. The predicted molar refractivity (Wildman–Crippen MR) is 101 cm³/mol. The summed E-state index contributed by atoms with van der Waals surface area (Å²) < 4.78 is 19.7. The van der Waals surface area contributed by atoms with E-state index in [0.717, 1.165) is 5.56 Å². The minimum atomic E-state index is -1.10. The summed E-state index contributed by atoms with van der Waals surface area (Å²) in [7, 11) is 0. The van der Waals surface area contributed by atoms with Gasteiger partial charge < -0.3 is 15.6 Å². The van der Waals surface area contributed by atoms with Gasteiger partial charge in [0.05, 0.1) is 0 Å². The number of pyridine rings is 1. The summed E-state index contributed by atoms with van der Waals surface area (Å²) in [6.45, 7) is 0.0164. The Balaban J connectivity index is 1.82. The minimum Gasteiger partial charge on any atom is -0.488 e. The van der Waals surface area contributed by atoms with Crippen LogP contribution in [0.2, 0.25) is 5.02 Å². The molecule has 0 fully saturated rings. The maximum Gasteiger partial charge on any atom is 0.354 e. The molecule has 1 heterocycles. The number of halogens is 2. The highest BCUT2D eigenvalue weighted by Gasteiger charge is 2.11. The number of carboxylic acids is 1. The molecule has 3 N–H and O–H groups in total. The Labute approximate surface area is 160 Å². The van der Waals surface area contributed by atoms with Crippen molar-refractivity contribution >= 4 is 23.3 Å². The van der Waals surface area contributed by atoms with E-state index in [2.05, 4.69) is 4.98 Å². The summed E-state index contributed by atoms with van der Waals surface area (Å²) in [5.41, 5.74) is 8.00. The fourth-order valence-corrected chi connectivity index (χ4v) is 2.72. The third kappa shape index (κ3) is 4.74. The Morgan fingerprint density at radius 2 is 1.96 bits per heavy atom. The zero-order valence-corrected chi connectivity index (χ0v) is 14.9. The van der Waals surface area contributed by atoms with Crippen molar-refractivity contribution in [2.45, 2.75) is 13.0 Å². The van der Waals surface area contributed by atoms with Crippen LogP contribution in [0.25, 0.3) is 0 Å². The van der Waals surface area contributed by atoms with Crippen molar-refractivity contribution in [2.24, 2.45) is 0 Å². The number of aromatic nitrogens is 1. The van der Waals surface area contributed by atoms with Gasteiger partial charge in [-0.2, -0.15) is 0 Å². The molecule has 0 unspecified atom stereocenters. The molecule has 0 saturated heterocycles. The Bertz CT molecular complexity index is 995. The van der Waals surface area contributed by atoms with Crippen LogP contribution in [0.15, 0.2) is 54.6 Å². The molecule has 0 amide bonds. The Morgan fingerprint density at radius 1 is 1.15 bits per heavy atom. The van der Waals surface area contributed by atoms with Crippen molar-refractivity contribution in [3.8, 4) is 5.75 Å². The molecule has 138 valence electrons. The lowest BCUT2D eigenvalue weighted by molar-refractivity contribution is 0.0690. The first-order valence-electron chi connectivity index (χ1n) is 8.07. The lowest BCUT2D eigenvalue weighted by Gasteiger charge is -2.13. The number of nitrogen functional groups attached to an aromatic ring is 1. The number of nitrogens with two attached hydrogens (primary N) is 1. The zero-order chi connectivity index (χ0) is 19.4. The van der Waals surface area contributed by atoms with E-state index in [9.17, 15) is 9.18 Å². The summed E-state index contributed by atoms with van der Waals surface area (Å²) >= 11 is 5.76. The van der Waals surface area contributed by atoms with Crippen LogP contribution in [-0.4, -0.2) is 16.1 Å². The smallest absolute Gasteiger partial charge is 0.354 e. The van der Waals surface area contributed by atoms with Gasteiger partial charge in [0.15, 0.2) is 0 Å². The molecule has 27 heavy (non-hydrogen) atoms. The molecule has 2 aromatic carbocycles. The normalized spacial score (nSPS) is 10.6. The fourth-order valence-electron chi connectivity index (χ4n) is 2.56. The number of hydrogen-bond donors (Lipinski definition) is 2. The van der Waals surface area contributed by atoms with Crippen LogP contribution in [0, 0.1) is 5.82 Å². The molecule has 0 radical (unpaired) electrons. The Morgan fingerprint density at radius 3 is 2.70 bits per heavy atom. The first-order chi connectivity index (χ1) is 12.9. The summed E-state index contributed by atoms with van der Waals surface area (Å²) in [6, 6.07) is 14.2. The highest BCUT2D eigenvalue weighted by atomic mass is 35.5. The van der Waals surface area contributed by atoms with E-state index in [1.807, 2.05) is 0 Å². The highest BCUT2D eigenvalue weighted by molar-refractivity contribution is 6.30. The average molecular weight is 387 g/mol.